The number of carbonyl (C=O) groups excluding carboxylic acids is 1. The molecule has 10 heteroatoms. The number of rotatable bonds is 2. The number of aliphatic hydroxyl groups excluding tert-OH is 2. The van der Waals surface area contributed by atoms with Crippen LogP contribution < -0.4 is 0 Å². The first kappa shape index (κ1) is 17.9. The molecule has 2 atom stereocenters. The van der Waals surface area contributed by atoms with Crippen molar-refractivity contribution in [3.8, 4) is 5.69 Å². The predicted molar refractivity (Wildman–Crippen MR) is 86.0 cm³/mol. The topological polar surface area (TPSA) is 91.5 Å². The van der Waals surface area contributed by atoms with Gasteiger partial charge in [0, 0.05) is 0 Å². The zero-order chi connectivity index (χ0) is 19.4. The van der Waals surface area contributed by atoms with E-state index in [0.29, 0.717) is 12.8 Å². The molecule has 1 aromatic carbocycles. The summed E-state index contributed by atoms with van der Waals surface area (Å²) >= 11 is 0. The number of halogens is 3. The lowest BCUT2D eigenvalue weighted by atomic mass is 9.72. The highest BCUT2D eigenvalue weighted by Crippen LogP contribution is 2.46. The maximum atomic E-state index is 12.9. The van der Waals surface area contributed by atoms with Gasteiger partial charge in [0.1, 0.15) is 6.10 Å². The van der Waals surface area contributed by atoms with Gasteiger partial charge in [0.15, 0.2) is 5.69 Å². The van der Waals surface area contributed by atoms with E-state index >= 15 is 0 Å². The first-order valence-electron chi connectivity index (χ1n) is 8.50. The van der Waals surface area contributed by atoms with Crippen LogP contribution in [0.3, 0.4) is 0 Å². The maximum Gasteiger partial charge on any atom is 0.416 e. The summed E-state index contributed by atoms with van der Waals surface area (Å²) in [7, 11) is 0. The van der Waals surface area contributed by atoms with Crippen LogP contribution in [0.1, 0.15) is 35.3 Å². The number of benzene rings is 1. The van der Waals surface area contributed by atoms with Gasteiger partial charge in [0.25, 0.3) is 5.91 Å². The largest absolute Gasteiger partial charge is 0.416 e. The maximum absolute atomic E-state index is 12.9. The normalized spacial score (nSPS) is 24.3. The minimum atomic E-state index is -4.49. The van der Waals surface area contributed by atoms with Crippen LogP contribution in [0, 0.1) is 0 Å². The number of amides is 1. The van der Waals surface area contributed by atoms with Gasteiger partial charge in [0.05, 0.1) is 35.6 Å². The number of aliphatic hydroxyl groups is 2. The number of aromatic nitrogens is 3. The molecule has 1 aromatic heterocycles. The third kappa shape index (κ3) is 2.79. The average molecular weight is 382 g/mol. The standard InChI is InChI=1S/C17H17F3N4O3/c18-17(19,20)10-3-1-4-11(7-10)24-8-12(21-22-24)15(27)23-9-13(25)14(26)16(23)5-2-6-16/h1,3-4,7-8,13-14,25-26H,2,5-6,9H2/t13-,14-/m1/s1. The summed E-state index contributed by atoms with van der Waals surface area (Å²) in [5.41, 5.74) is -1.56. The van der Waals surface area contributed by atoms with Crippen LogP contribution in [-0.2, 0) is 6.18 Å². The molecule has 0 unspecified atom stereocenters. The molecule has 2 aromatic rings. The second-order valence-electron chi connectivity index (χ2n) is 6.98. The fourth-order valence-corrected chi connectivity index (χ4v) is 3.83. The van der Waals surface area contributed by atoms with E-state index in [1.54, 1.807) is 0 Å². The molecule has 1 saturated heterocycles. The van der Waals surface area contributed by atoms with Gasteiger partial charge in [-0.2, -0.15) is 13.2 Å². The number of alkyl halides is 3. The average Bonchev–Trinajstić information content (AvgIpc) is 3.17. The van der Waals surface area contributed by atoms with Crippen LogP contribution in [0.25, 0.3) is 5.69 Å². The summed E-state index contributed by atoms with van der Waals surface area (Å²) in [5.74, 6) is -0.511. The Balaban J connectivity index is 1.61. The molecular formula is C17H17F3N4O3. The summed E-state index contributed by atoms with van der Waals surface area (Å²) in [4.78, 5) is 14.2. The lowest BCUT2D eigenvalue weighted by Crippen LogP contribution is -2.58. The molecule has 2 heterocycles. The van der Waals surface area contributed by atoms with Gasteiger partial charge in [0.2, 0.25) is 0 Å². The van der Waals surface area contributed by atoms with Crippen LogP contribution in [0.2, 0.25) is 0 Å². The van der Waals surface area contributed by atoms with Gasteiger partial charge >= 0.3 is 6.18 Å². The molecule has 27 heavy (non-hydrogen) atoms. The van der Waals surface area contributed by atoms with Crippen LogP contribution >= 0.6 is 0 Å². The van der Waals surface area contributed by atoms with Crippen LogP contribution in [0.15, 0.2) is 30.5 Å². The van der Waals surface area contributed by atoms with Crippen molar-refractivity contribution in [1.82, 2.24) is 19.9 Å². The fourth-order valence-electron chi connectivity index (χ4n) is 3.83. The summed E-state index contributed by atoms with van der Waals surface area (Å²) in [6, 6.07) is 4.53. The smallest absolute Gasteiger partial charge is 0.388 e. The van der Waals surface area contributed by atoms with E-state index in [0.717, 1.165) is 23.2 Å². The number of carbonyl (C=O) groups is 1. The molecule has 2 N–H and O–H groups in total. The molecule has 1 amide bonds. The predicted octanol–water partition coefficient (Wildman–Crippen LogP) is 1.39. The van der Waals surface area contributed by atoms with Crippen molar-refractivity contribution in [3.05, 3.63) is 41.7 Å². The zero-order valence-electron chi connectivity index (χ0n) is 14.1. The van der Waals surface area contributed by atoms with Gasteiger partial charge in [-0.25, -0.2) is 4.68 Å². The van der Waals surface area contributed by atoms with Gasteiger partial charge in [-0.3, -0.25) is 4.79 Å². The van der Waals surface area contributed by atoms with Crippen molar-refractivity contribution in [2.45, 2.75) is 43.2 Å². The lowest BCUT2D eigenvalue weighted by Gasteiger charge is -2.47. The van der Waals surface area contributed by atoms with Gasteiger partial charge in [-0.1, -0.05) is 11.3 Å². The number of hydrogen-bond donors (Lipinski definition) is 2. The van der Waals surface area contributed by atoms with Crippen molar-refractivity contribution in [1.29, 1.82) is 0 Å². The van der Waals surface area contributed by atoms with E-state index in [9.17, 15) is 28.2 Å². The molecule has 2 aliphatic rings. The molecule has 0 bridgehead atoms. The molecule has 2 fully saturated rings. The first-order valence-corrected chi connectivity index (χ1v) is 8.50. The van der Waals surface area contributed by atoms with Crippen molar-refractivity contribution >= 4 is 5.91 Å². The number of β-amino-alcohol motifs (C(OH)–C–C–N with tert-alkyl or cyclic N) is 1. The monoisotopic (exact) mass is 382 g/mol. The summed E-state index contributed by atoms with van der Waals surface area (Å²) in [5, 5.41) is 27.7. The van der Waals surface area contributed by atoms with E-state index in [1.165, 1.54) is 23.2 Å². The highest BCUT2D eigenvalue weighted by Gasteiger charge is 2.58. The Morgan fingerprint density at radius 1 is 1.26 bits per heavy atom. The van der Waals surface area contributed by atoms with Crippen LogP contribution in [0.5, 0.6) is 0 Å². The van der Waals surface area contributed by atoms with Gasteiger partial charge in [-0.15, -0.1) is 5.10 Å². The van der Waals surface area contributed by atoms with Crippen LogP contribution in [-0.4, -0.2) is 60.3 Å². The van der Waals surface area contributed by atoms with E-state index in [4.69, 9.17) is 0 Å². The van der Waals surface area contributed by atoms with Gasteiger partial charge in [-0.05, 0) is 37.5 Å². The van der Waals surface area contributed by atoms with Crippen molar-refractivity contribution < 1.29 is 28.2 Å². The third-order valence-electron chi connectivity index (χ3n) is 5.44. The van der Waals surface area contributed by atoms with Gasteiger partial charge < -0.3 is 15.1 Å². The van der Waals surface area contributed by atoms with Crippen molar-refractivity contribution in [3.63, 3.8) is 0 Å². The highest BCUT2D eigenvalue weighted by molar-refractivity contribution is 5.93. The lowest BCUT2D eigenvalue weighted by molar-refractivity contribution is -0.137. The summed E-state index contributed by atoms with van der Waals surface area (Å²) < 4.78 is 39.7. The van der Waals surface area contributed by atoms with E-state index in [-0.39, 0.29) is 17.9 Å². The second-order valence-corrected chi connectivity index (χ2v) is 6.98. The van der Waals surface area contributed by atoms with E-state index in [2.05, 4.69) is 10.3 Å². The van der Waals surface area contributed by atoms with Crippen LogP contribution in [0.4, 0.5) is 13.2 Å². The minimum Gasteiger partial charge on any atom is -0.388 e. The molecule has 0 radical (unpaired) electrons. The highest BCUT2D eigenvalue weighted by atomic mass is 19.4. The first-order chi connectivity index (χ1) is 12.7. The number of hydrogen-bond acceptors (Lipinski definition) is 5. The molecule has 1 spiro atoms. The Morgan fingerprint density at radius 3 is 2.63 bits per heavy atom. The Labute approximate surface area is 152 Å². The Hall–Kier alpha value is -2.46. The quantitative estimate of drug-likeness (QED) is 0.819. The molecule has 4 rings (SSSR count). The second kappa shape index (κ2) is 6.03. The molecule has 144 valence electrons. The zero-order valence-corrected chi connectivity index (χ0v) is 14.1. The van der Waals surface area contributed by atoms with Crippen molar-refractivity contribution in [2.75, 3.05) is 6.54 Å². The SMILES string of the molecule is O=C(c1cn(-c2cccc(C(F)(F)F)c2)nn1)N1C[C@@H](O)[C@@H](O)C12CCC2. The summed E-state index contributed by atoms with van der Waals surface area (Å²) in [6.45, 7) is -0.0174. The fraction of sp³-hybridized carbons (Fsp3) is 0.471. The number of nitrogens with zero attached hydrogens (tertiary/aromatic N) is 4. The molecule has 7 nitrogen and oxygen atoms in total. The molecule has 1 saturated carbocycles. The molecule has 1 aliphatic heterocycles. The Morgan fingerprint density at radius 2 is 2.00 bits per heavy atom. The van der Waals surface area contributed by atoms with Crippen molar-refractivity contribution in [2.24, 2.45) is 0 Å². The third-order valence-corrected chi connectivity index (χ3v) is 5.44. The Kier molecular flexibility index (Phi) is 4.00. The summed E-state index contributed by atoms with van der Waals surface area (Å²) in [6.07, 6.45) is -3.29. The minimum absolute atomic E-state index is 0.0174. The molecule has 1 aliphatic carbocycles. The molecular weight excluding hydrogens is 365 g/mol. The Bertz CT molecular complexity index is 878. The van der Waals surface area contributed by atoms with E-state index in [1.807, 2.05) is 0 Å². The van der Waals surface area contributed by atoms with E-state index < -0.39 is 35.4 Å². The number of likely N-dealkylation sites (tertiary alicyclic amines) is 1.